The summed E-state index contributed by atoms with van der Waals surface area (Å²) in [7, 11) is 1.92. The lowest BCUT2D eigenvalue weighted by Crippen LogP contribution is -1.95. The van der Waals surface area contributed by atoms with Crippen LogP contribution in [0.5, 0.6) is 0 Å². The molecule has 0 N–H and O–H groups in total. The monoisotopic (exact) mass is 170 g/mol. The molecule has 0 fully saturated rings. The maximum Gasteiger partial charge on any atom is 0.186 e. The zero-order valence-corrected chi connectivity index (χ0v) is 7.39. The van der Waals surface area contributed by atoms with Crippen LogP contribution in [0.25, 0.3) is 0 Å². The number of hydrogen-bond acceptors (Lipinski definition) is 3. The fraction of sp³-hybridized carbons (Fsp3) is 0.429. The van der Waals surface area contributed by atoms with Gasteiger partial charge in [0, 0.05) is 26.4 Å². The van der Waals surface area contributed by atoms with Gasteiger partial charge in [-0.25, -0.2) is 4.98 Å². The van der Waals surface area contributed by atoms with E-state index in [1.807, 2.05) is 17.8 Å². The normalized spacial score (nSPS) is 10.0. The van der Waals surface area contributed by atoms with Crippen LogP contribution in [-0.4, -0.2) is 14.7 Å². The van der Waals surface area contributed by atoms with Gasteiger partial charge in [-0.3, -0.25) is 4.79 Å². The molecule has 3 nitrogen and oxygen atoms in total. The van der Waals surface area contributed by atoms with E-state index in [1.165, 1.54) is 11.8 Å². The van der Waals surface area contributed by atoms with Gasteiger partial charge in [0.1, 0.15) is 5.82 Å². The Balaban J connectivity index is 2.51. The van der Waals surface area contributed by atoms with E-state index in [4.69, 9.17) is 0 Å². The highest BCUT2D eigenvalue weighted by molar-refractivity contribution is 8.12. The molecule has 11 heavy (non-hydrogen) atoms. The zero-order valence-electron chi connectivity index (χ0n) is 6.57. The largest absolute Gasteiger partial charge is 0.337 e. The number of carbonyl (C=O) groups excluding carboxylic acids is 1. The second kappa shape index (κ2) is 3.57. The number of carbonyl (C=O) groups is 1. The van der Waals surface area contributed by atoms with Crippen molar-refractivity contribution < 1.29 is 4.79 Å². The third-order valence-electron chi connectivity index (χ3n) is 1.33. The zero-order chi connectivity index (χ0) is 8.27. The Kier molecular flexibility index (Phi) is 2.70. The van der Waals surface area contributed by atoms with E-state index >= 15 is 0 Å². The number of aromatic nitrogens is 2. The van der Waals surface area contributed by atoms with Crippen LogP contribution in [0, 0.1) is 0 Å². The molecule has 0 atom stereocenters. The number of thioether (sulfide) groups is 1. The van der Waals surface area contributed by atoms with Crippen LogP contribution in [0.1, 0.15) is 12.7 Å². The van der Waals surface area contributed by atoms with Gasteiger partial charge in [-0.2, -0.15) is 0 Å². The average molecular weight is 170 g/mol. The second-order valence-corrected chi connectivity index (χ2v) is 3.39. The summed E-state index contributed by atoms with van der Waals surface area (Å²) in [6.45, 7) is 1.56. The third-order valence-corrected chi connectivity index (χ3v) is 2.13. The van der Waals surface area contributed by atoms with Crippen molar-refractivity contribution in [2.24, 2.45) is 7.05 Å². The highest BCUT2D eigenvalue weighted by atomic mass is 32.2. The molecular weight excluding hydrogens is 160 g/mol. The van der Waals surface area contributed by atoms with Crippen LogP contribution >= 0.6 is 11.8 Å². The summed E-state index contributed by atoms with van der Waals surface area (Å²) in [4.78, 5) is 14.7. The van der Waals surface area contributed by atoms with Crippen molar-refractivity contribution >= 4 is 16.9 Å². The van der Waals surface area contributed by atoms with E-state index in [0.717, 1.165) is 5.82 Å². The average Bonchev–Trinajstić information content (AvgIpc) is 2.31. The third kappa shape index (κ3) is 2.38. The molecule has 1 rings (SSSR count). The highest BCUT2D eigenvalue weighted by Crippen LogP contribution is 2.09. The summed E-state index contributed by atoms with van der Waals surface area (Å²) in [5.41, 5.74) is 0. The van der Waals surface area contributed by atoms with Crippen molar-refractivity contribution in [3.8, 4) is 0 Å². The van der Waals surface area contributed by atoms with Gasteiger partial charge in [0.25, 0.3) is 0 Å². The molecule has 0 saturated carbocycles. The lowest BCUT2D eigenvalue weighted by Gasteiger charge is -1.97. The van der Waals surface area contributed by atoms with Crippen LogP contribution in [-0.2, 0) is 17.6 Å². The molecule has 0 spiro atoms. The van der Waals surface area contributed by atoms with Gasteiger partial charge >= 0.3 is 0 Å². The number of aryl methyl sites for hydroxylation is 1. The Bertz CT molecular complexity index is 257. The Labute approximate surface area is 69.8 Å². The minimum atomic E-state index is 0.132. The Morgan fingerprint density at radius 2 is 2.55 bits per heavy atom. The molecule has 1 aromatic heterocycles. The number of imidazole rings is 1. The number of hydrogen-bond donors (Lipinski definition) is 0. The Morgan fingerprint density at radius 3 is 3.00 bits per heavy atom. The smallest absolute Gasteiger partial charge is 0.186 e. The van der Waals surface area contributed by atoms with Gasteiger partial charge in [0.15, 0.2) is 5.12 Å². The molecule has 1 heterocycles. The predicted molar refractivity (Wildman–Crippen MR) is 45.2 cm³/mol. The molecule has 4 heteroatoms. The van der Waals surface area contributed by atoms with Crippen LogP contribution < -0.4 is 0 Å². The molecule has 0 aromatic carbocycles. The fourth-order valence-electron chi connectivity index (χ4n) is 0.702. The van der Waals surface area contributed by atoms with Gasteiger partial charge in [0.2, 0.25) is 0 Å². The highest BCUT2D eigenvalue weighted by Gasteiger charge is 2.00. The summed E-state index contributed by atoms with van der Waals surface area (Å²) in [5, 5.41) is 0.132. The summed E-state index contributed by atoms with van der Waals surface area (Å²) < 4.78 is 1.91. The molecule has 0 aliphatic heterocycles. The molecule has 0 unspecified atom stereocenters. The minimum absolute atomic E-state index is 0.132. The van der Waals surface area contributed by atoms with Gasteiger partial charge in [0.05, 0.1) is 5.75 Å². The summed E-state index contributed by atoms with van der Waals surface area (Å²) in [6.07, 6.45) is 3.60. The van der Waals surface area contributed by atoms with Crippen LogP contribution in [0.3, 0.4) is 0 Å². The molecule has 0 aliphatic rings. The lowest BCUT2D eigenvalue weighted by molar-refractivity contribution is -0.109. The Morgan fingerprint density at radius 1 is 1.82 bits per heavy atom. The first-order valence-corrected chi connectivity index (χ1v) is 4.28. The van der Waals surface area contributed by atoms with E-state index in [-0.39, 0.29) is 5.12 Å². The SMILES string of the molecule is CC(=O)SCc1nccn1C. The maximum atomic E-state index is 10.6. The molecule has 0 saturated heterocycles. The van der Waals surface area contributed by atoms with Crippen molar-refractivity contribution in [3.63, 3.8) is 0 Å². The molecule has 60 valence electrons. The van der Waals surface area contributed by atoms with Crippen molar-refractivity contribution in [2.45, 2.75) is 12.7 Å². The molecule has 0 amide bonds. The van der Waals surface area contributed by atoms with Crippen molar-refractivity contribution in [2.75, 3.05) is 0 Å². The quantitative estimate of drug-likeness (QED) is 0.669. The van der Waals surface area contributed by atoms with Gasteiger partial charge in [-0.1, -0.05) is 11.8 Å². The van der Waals surface area contributed by atoms with Gasteiger partial charge < -0.3 is 4.57 Å². The molecule has 1 aromatic rings. The lowest BCUT2D eigenvalue weighted by atomic mass is 10.7. The first kappa shape index (κ1) is 8.33. The minimum Gasteiger partial charge on any atom is -0.337 e. The van der Waals surface area contributed by atoms with Gasteiger partial charge in [-0.05, 0) is 0 Å². The first-order chi connectivity index (χ1) is 5.20. The van der Waals surface area contributed by atoms with E-state index in [9.17, 15) is 4.79 Å². The van der Waals surface area contributed by atoms with Crippen LogP contribution in [0.2, 0.25) is 0 Å². The summed E-state index contributed by atoms with van der Waals surface area (Å²) in [6, 6.07) is 0. The van der Waals surface area contributed by atoms with Crippen LogP contribution in [0.4, 0.5) is 0 Å². The molecule has 0 radical (unpaired) electrons. The molecular formula is C7H10N2OS. The van der Waals surface area contributed by atoms with E-state index in [2.05, 4.69) is 4.98 Å². The van der Waals surface area contributed by atoms with Crippen LogP contribution in [0.15, 0.2) is 12.4 Å². The Hall–Kier alpha value is -0.770. The number of rotatable bonds is 2. The number of nitrogens with zero attached hydrogens (tertiary/aromatic N) is 2. The topological polar surface area (TPSA) is 34.9 Å². The summed E-state index contributed by atoms with van der Waals surface area (Å²) >= 11 is 1.28. The second-order valence-electron chi connectivity index (χ2n) is 2.23. The first-order valence-electron chi connectivity index (χ1n) is 3.29. The summed E-state index contributed by atoms with van der Waals surface area (Å²) in [5.74, 6) is 1.60. The standard InChI is InChI=1S/C7H10N2OS/c1-6(10)11-5-7-8-3-4-9(7)2/h3-4H,5H2,1-2H3. The molecule has 0 aliphatic carbocycles. The van der Waals surface area contributed by atoms with E-state index < -0.39 is 0 Å². The van der Waals surface area contributed by atoms with Crippen molar-refractivity contribution in [1.29, 1.82) is 0 Å². The fourth-order valence-corrected chi connectivity index (χ4v) is 1.31. The predicted octanol–water partition coefficient (Wildman–Crippen LogP) is 1.20. The van der Waals surface area contributed by atoms with Gasteiger partial charge in [-0.15, -0.1) is 0 Å². The van der Waals surface area contributed by atoms with E-state index in [1.54, 1.807) is 13.1 Å². The maximum absolute atomic E-state index is 10.6. The van der Waals surface area contributed by atoms with Crippen molar-refractivity contribution in [3.05, 3.63) is 18.2 Å². The van der Waals surface area contributed by atoms with E-state index in [0.29, 0.717) is 5.75 Å². The van der Waals surface area contributed by atoms with Crippen molar-refractivity contribution in [1.82, 2.24) is 9.55 Å². The molecule has 0 bridgehead atoms.